The molecular weight excluding hydrogens is 432 g/mol. The second kappa shape index (κ2) is 9.92. The number of hydrogen-bond acceptors (Lipinski definition) is 4. The van der Waals surface area contributed by atoms with Gasteiger partial charge in [0.2, 0.25) is 5.91 Å². The van der Waals surface area contributed by atoms with E-state index in [1.54, 1.807) is 0 Å². The summed E-state index contributed by atoms with van der Waals surface area (Å²) in [5.41, 5.74) is 8.37. The number of likely N-dealkylation sites (tertiary alicyclic amines) is 1. The number of piperidine rings is 1. The summed E-state index contributed by atoms with van der Waals surface area (Å²) in [4.78, 5) is 24.4. The van der Waals surface area contributed by atoms with Crippen molar-refractivity contribution in [1.82, 2.24) is 19.7 Å². The van der Waals surface area contributed by atoms with Gasteiger partial charge in [0, 0.05) is 57.6 Å². The first-order valence-corrected chi connectivity index (χ1v) is 13.1. The maximum Gasteiger partial charge on any atom is 0.225 e. The summed E-state index contributed by atoms with van der Waals surface area (Å²) < 4.78 is 0. The van der Waals surface area contributed by atoms with Crippen LogP contribution in [-0.2, 0) is 24.3 Å². The van der Waals surface area contributed by atoms with E-state index in [-0.39, 0.29) is 5.92 Å². The molecule has 0 atom stereocenters. The number of rotatable bonds is 5. The first-order chi connectivity index (χ1) is 17.2. The van der Waals surface area contributed by atoms with Gasteiger partial charge in [0.15, 0.2) is 0 Å². The molecule has 2 aliphatic heterocycles. The predicted octanol–water partition coefficient (Wildman–Crippen LogP) is 4.21. The highest BCUT2D eigenvalue weighted by Crippen LogP contribution is 2.36. The van der Waals surface area contributed by atoms with E-state index in [4.69, 9.17) is 0 Å². The van der Waals surface area contributed by atoms with Crippen molar-refractivity contribution in [2.45, 2.75) is 32.4 Å². The zero-order valence-electron chi connectivity index (χ0n) is 20.4. The lowest BCUT2D eigenvalue weighted by atomic mass is 9.94. The molecule has 3 aromatic rings. The second-order valence-corrected chi connectivity index (χ2v) is 10.3. The quantitative estimate of drug-likeness (QED) is 0.442. The average Bonchev–Trinajstić information content (AvgIpc) is 3.28. The molecule has 35 heavy (non-hydrogen) atoms. The molecule has 2 aromatic carbocycles. The van der Waals surface area contributed by atoms with E-state index in [2.05, 4.69) is 74.3 Å². The number of carbonyl (C=O) groups excluding carboxylic acids is 1. The lowest BCUT2D eigenvalue weighted by Gasteiger charge is -2.38. The van der Waals surface area contributed by atoms with Crippen LogP contribution in [0.25, 0.3) is 11.1 Å². The van der Waals surface area contributed by atoms with Gasteiger partial charge in [-0.2, -0.15) is 0 Å². The SMILES string of the molecule is O=C(C1CCN(Cc2ccncc2)CC1)N1CCN(Cc2ccc3c(c2)Cc2ccccc2-3)CC1. The molecule has 0 saturated carbocycles. The highest BCUT2D eigenvalue weighted by atomic mass is 16.2. The van der Waals surface area contributed by atoms with Crippen LogP contribution in [-0.4, -0.2) is 64.9 Å². The van der Waals surface area contributed by atoms with Crippen LogP contribution in [0.5, 0.6) is 0 Å². The van der Waals surface area contributed by atoms with Crippen LogP contribution in [0.3, 0.4) is 0 Å². The molecule has 6 rings (SSSR count). The monoisotopic (exact) mass is 466 g/mol. The Hall–Kier alpha value is -3.02. The van der Waals surface area contributed by atoms with Gasteiger partial charge in [-0.05, 0) is 77.9 Å². The van der Waals surface area contributed by atoms with E-state index in [1.165, 1.54) is 33.4 Å². The summed E-state index contributed by atoms with van der Waals surface area (Å²) in [5, 5.41) is 0. The molecule has 3 heterocycles. The molecule has 5 heteroatoms. The van der Waals surface area contributed by atoms with Gasteiger partial charge in [0.1, 0.15) is 0 Å². The number of amides is 1. The van der Waals surface area contributed by atoms with Crippen LogP contribution in [0.1, 0.15) is 35.1 Å². The number of hydrogen-bond donors (Lipinski definition) is 0. The fourth-order valence-electron chi connectivity index (χ4n) is 6.02. The third-order valence-corrected chi connectivity index (χ3v) is 8.04. The van der Waals surface area contributed by atoms with Crippen LogP contribution in [0.2, 0.25) is 0 Å². The largest absolute Gasteiger partial charge is 0.340 e. The zero-order chi connectivity index (χ0) is 23.6. The van der Waals surface area contributed by atoms with Gasteiger partial charge in [0.05, 0.1) is 0 Å². The van der Waals surface area contributed by atoms with Gasteiger partial charge in [-0.25, -0.2) is 0 Å². The van der Waals surface area contributed by atoms with E-state index < -0.39 is 0 Å². The van der Waals surface area contributed by atoms with Crippen molar-refractivity contribution in [3.05, 3.63) is 89.2 Å². The number of pyridine rings is 1. The number of nitrogens with zero attached hydrogens (tertiary/aromatic N) is 4. The van der Waals surface area contributed by atoms with Crippen molar-refractivity contribution in [2.24, 2.45) is 5.92 Å². The Balaban J connectivity index is 0.977. The molecule has 1 amide bonds. The van der Waals surface area contributed by atoms with Crippen molar-refractivity contribution in [3.63, 3.8) is 0 Å². The fourth-order valence-corrected chi connectivity index (χ4v) is 6.02. The summed E-state index contributed by atoms with van der Waals surface area (Å²) in [6.07, 6.45) is 6.70. The standard InChI is InChI=1S/C30H34N4O/c35-30(25-9-13-32(14-10-25)21-23-7-11-31-12-8-23)34-17-15-33(16-18-34)22-24-5-6-29-27(19-24)20-26-3-1-2-4-28(26)29/h1-8,11-12,19,25H,9-10,13-18,20-22H2. The summed E-state index contributed by atoms with van der Waals surface area (Å²) >= 11 is 0. The molecule has 1 aromatic heterocycles. The van der Waals surface area contributed by atoms with Gasteiger partial charge in [-0.1, -0.05) is 42.5 Å². The van der Waals surface area contributed by atoms with Crippen LogP contribution in [0.15, 0.2) is 67.0 Å². The molecule has 3 aliphatic rings. The summed E-state index contributed by atoms with van der Waals surface area (Å²) in [7, 11) is 0. The number of aromatic nitrogens is 1. The highest BCUT2D eigenvalue weighted by molar-refractivity contribution is 5.79. The van der Waals surface area contributed by atoms with Crippen molar-refractivity contribution < 1.29 is 4.79 Å². The topological polar surface area (TPSA) is 39.7 Å². The Morgan fingerprint density at radius 1 is 0.743 bits per heavy atom. The molecule has 0 radical (unpaired) electrons. The summed E-state index contributed by atoms with van der Waals surface area (Å²) in [6.45, 7) is 7.56. The number of benzene rings is 2. The van der Waals surface area contributed by atoms with Crippen molar-refractivity contribution >= 4 is 5.91 Å². The van der Waals surface area contributed by atoms with Crippen LogP contribution in [0.4, 0.5) is 0 Å². The molecular formula is C30H34N4O. The Morgan fingerprint density at radius 3 is 2.23 bits per heavy atom. The van der Waals surface area contributed by atoms with Crippen LogP contribution in [0, 0.1) is 5.92 Å². The third kappa shape index (κ3) is 4.89. The maximum atomic E-state index is 13.2. The Labute approximate surface area is 208 Å². The normalized spacial score (nSPS) is 18.9. The minimum absolute atomic E-state index is 0.189. The third-order valence-electron chi connectivity index (χ3n) is 8.04. The smallest absolute Gasteiger partial charge is 0.225 e. The minimum atomic E-state index is 0.189. The summed E-state index contributed by atoms with van der Waals surface area (Å²) in [5.74, 6) is 0.567. The van der Waals surface area contributed by atoms with E-state index in [0.29, 0.717) is 5.91 Å². The number of carbonyl (C=O) groups is 1. The van der Waals surface area contributed by atoms with Gasteiger partial charge in [-0.15, -0.1) is 0 Å². The average molecular weight is 467 g/mol. The Bertz CT molecular complexity index is 1180. The fraction of sp³-hybridized carbons (Fsp3) is 0.400. The second-order valence-electron chi connectivity index (χ2n) is 10.3. The van der Waals surface area contributed by atoms with E-state index in [9.17, 15) is 4.79 Å². The maximum absolute atomic E-state index is 13.2. The first-order valence-electron chi connectivity index (χ1n) is 13.1. The lowest BCUT2D eigenvalue weighted by molar-refractivity contribution is -0.139. The zero-order valence-corrected chi connectivity index (χ0v) is 20.4. The van der Waals surface area contributed by atoms with Gasteiger partial charge < -0.3 is 4.90 Å². The molecule has 5 nitrogen and oxygen atoms in total. The van der Waals surface area contributed by atoms with E-state index in [1.807, 2.05) is 12.4 Å². The first kappa shape index (κ1) is 22.4. The van der Waals surface area contributed by atoms with Gasteiger partial charge >= 0.3 is 0 Å². The number of piperazine rings is 1. The lowest BCUT2D eigenvalue weighted by Crippen LogP contribution is -2.51. The molecule has 0 unspecified atom stereocenters. The molecule has 0 bridgehead atoms. The molecule has 1 aliphatic carbocycles. The molecule has 180 valence electrons. The van der Waals surface area contributed by atoms with Crippen LogP contribution < -0.4 is 0 Å². The molecule has 0 spiro atoms. The van der Waals surface area contributed by atoms with Gasteiger partial charge in [0.25, 0.3) is 0 Å². The van der Waals surface area contributed by atoms with Crippen molar-refractivity contribution in [2.75, 3.05) is 39.3 Å². The van der Waals surface area contributed by atoms with E-state index >= 15 is 0 Å². The molecule has 2 saturated heterocycles. The minimum Gasteiger partial charge on any atom is -0.340 e. The van der Waals surface area contributed by atoms with E-state index in [0.717, 1.165) is 71.6 Å². The molecule has 0 N–H and O–H groups in total. The Morgan fingerprint density at radius 2 is 1.43 bits per heavy atom. The summed E-state index contributed by atoms with van der Waals surface area (Å²) in [6, 6.07) is 19.9. The van der Waals surface area contributed by atoms with Gasteiger partial charge in [-0.3, -0.25) is 19.6 Å². The number of fused-ring (bicyclic) bond motifs is 3. The van der Waals surface area contributed by atoms with Crippen molar-refractivity contribution in [1.29, 1.82) is 0 Å². The van der Waals surface area contributed by atoms with Crippen LogP contribution >= 0.6 is 0 Å². The van der Waals surface area contributed by atoms with Crippen molar-refractivity contribution in [3.8, 4) is 11.1 Å². The predicted molar refractivity (Wildman–Crippen MR) is 139 cm³/mol. The molecule has 2 fully saturated rings. The highest BCUT2D eigenvalue weighted by Gasteiger charge is 2.30. The Kier molecular flexibility index (Phi) is 6.36.